The molecule has 13 heteroatoms. The lowest BCUT2D eigenvalue weighted by atomic mass is 9.97. The summed E-state index contributed by atoms with van der Waals surface area (Å²) < 4.78 is 0. The number of carbonyl (C=O) groups is 6. The summed E-state index contributed by atoms with van der Waals surface area (Å²) in [5.41, 5.74) is 2.58. The number of carbonyl (C=O) groups excluding carboxylic acids is 6. The number of halogens is 1. The van der Waals surface area contributed by atoms with Crippen molar-refractivity contribution in [1.29, 1.82) is 0 Å². The van der Waals surface area contributed by atoms with Crippen LogP contribution in [0.4, 0.5) is 5.69 Å². The zero-order valence-electron chi connectivity index (χ0n) is 35.6. The molecule has 1 aliphatic carbocycles. The summed E-state index contributed by atoms with van der Waals surface area (Å²) in [6.45, 7) is 6.25. The smallest absolute Gasteiger partial charge is 0.267 e. The van der Waals surface area contributed by atoms with Gasteiger partial charge in [-0.3, -0.25) is 33.7 Å². The minimum atomic E-state index is -1.27. The van der Waals surface area contributed by atoms with Crippen molar-refractivity contribution in [1.82, 2.24) is 9.88 Å². The van der Waals surface area contributed by atoms with Crippen molar-refractivity contribution in [2.45, 2.75) is 86.4 Å². The molecule has 0 N–H and O–H groups in total. The molecule has 0 bridgehead atoms. The second-order valence-electron chi connectivity index (χ2n) is 16.1. The van der Waals surface area contributed by atoms with Crippen LogP contribution >= 0.6 is 46.9 Å². The van der Waals surface area contributed by atoms with Crippen LogP contribution < -0.4 is 4.90 Å². The number of Topliss-reactive ketones (excluding diaryl/α,β-unsaturated/α-hetero) is 2. The maximum Gasteiger partial charge on any atom is 0.267 e. The van der Waals surface area contributed by atoms with E-state index in [2.05, 4.69) is 20.8 Å². The van der Waals surface area contributed by atoms with Crippen LogP contribution in [0, 0.1) is 0 Å². The average Bonchev–Trinajstić information content (AvgIpc) is 3.81. The highest BCUT2D eigenvalue weighted by molar-refractivity contribution is 8.04. The van der Waals surface area contributed by atoms with Crippen LogP contribution in [0.5, 0.6) is 0 Å². The van der Waals surface area contributed by atoms with E-state index in [4.69, 9.17) is 16.6 Å². The highest BCUT2D eigenvalue weighted by atomic mass is 35.5. The fraction of sp³-hybridized carbons (Fsp3) is 0.275. The van der Waals surface area contributed by atoms with Gasteiger partial charge in [0.05, 0.1) is 50.7 Å². The standard InChI is InChI=1S/C51H44ClN3O6S3/c1-4-7-22-62-45-40-39(41(52)46(63-23-8-5-2)47(45)64-24-9-6-3)50(60)55(51(40)61)37-21-18-30(27-54-48(58)32-16-12-13-17-33(32)49(54)59)31-19-20-36(53-42(31)37)38-43(56)34-25-28-14-10-11-15-29(28)26-35(34)44(38)57/h10-21,25-26,38H,4-9,22-24,27H2,1-3H3. The minimum Gasteiger partial charge on any atom is -0.293 e. The number of hydrogen-bond donors (Lipinski definition) is 0. The average molecular weight is 927 g/mol. The molecule has 0 radical (unpaired) electrons. The maximum atomic E-state index is 15.2. The van der Waals surface area contributed by atoms with Gasteiger partial charge in [-0.05, 0) is 89.3 Å². The molecule has 64 heavy (non-hydrogen) atoms. The van der Waals surface area contributed by atoms with Gasteiger partial charge in [0.15, 0.2) is 11.6 Å². The van der Waals surface area contributed by atoms with E-state index in [1.54, 1.807) is 95.9 Å². The lowest BCUT2D eigenvalue weighted by Crippen LogP contribution is -2.31. The Kier molecular flexibility index (Phi) is 12.6. The van der Waals surface area contributed by atoms with E-state index in [0.717, 1.165) is 91.0 Å². The van der Waals surface area contributed by atoms with Gasteiger partial charge < -0.3 is 0 Å². The van der Waals surface area contributed by atoms with Crippen molar-refractivity contribution in [2.75, 3.05) is 22.2 Å². The maximum absolute atomic E-state index is 15.2. The number of anilines is 1. The first kappa shape index (κ1) is 44.0. The zero-order chi connectivity index (χ0) is 44.8. The first-order chi connectivity index (χ1) is 31.1. The van der Waals surface area contributed by atoms with Crippen LogP contribution in [0.15, 0.2) is 99.6 Å². The number of amides is 4. The second-order valence-corrected chi connectivity index (χ2v) is 19.8. The fourth-order valence-electron chi connectivity index (χ4n) is 8.60. The van der Waals surface area contributed by atoms with Crippen LogP contribution in [0.25, 0.3) is 21.7 Å². The topological polar surface area (TPSA) is 122 Å². The molecule has 0 spiro atoms. The molecule has 0 fully saturated rings. The normalized spacial score (nSPS) is 14.8. The molecular weight excluding hydrogens is 882 g/mol. The van der Waals surface area contributed by atoms with Gasteiger partial charge in [0, 0.05) is 31.2 Å². The SMILES string of the molecule is CCCCSc1c(Cl)c2c(c(SCCCC)c1SCCCC)C(=O)N(c1ccc(CN3C(=O)c4ccccc4C3=O)c3ccc(C4C(=O)c5cc6ccccc6cc5C4=O)nc13)C2=O. The minimum absolute atomic E-state index is 0.133. The number of rotatable bonds is 16. The molecule has 0 saturated carbocycles. The first-order valence-corrected chi connectivity index (χ1v) is 25.1. The number of aromatic nitrogens is 1. The molecule has 9 nitrogen and oxygen atoms in total. The number of hydrogen-bond acceptors (Lipinski definition) is 10. The molecule has 4 amide bonds. The molecule has 9 rings (SSSR count). The molecule has 3 aliphatic rings. The van der Waals surface area contributed by atoms with Crippen LogP contribution in [0.2, 0.25) is 5.02 Å². The Labute approximate surface area is 389 Å². The Morgan fingerprint density at radius 3 is 1.69 bits per heavy atom. The van der Waals surface area contributed by atoms with Gasteiger partial charge in [-0.25, -0.2) is 9.88 Å². The number of nitrogens with zero attached hydrogens (tertiary/aromatic N) is 3. The molecule has 0 atom stereocenters. The quantitative estimate of drug-likeness (QED) is 0.0401. The molecular formula is C51H44ClN3O6S3. The van der Waals surface area contributed by atoms with Crippen molar-refractivity contribution >= 4 is 109 Å². The summed E-state index contributed by atoms with van der Waals surface area (Å²) in [4.78, 5) is 95.7. The molecule has 3 heterocycles. The van der Waals surface area contributed by atoms with Crippen LogP contribution in [-0.4, -0.2) is 62.3 Å². The highest BCUT2D eigenvalue weighted by Gasteiger charge is 2.45. The Morgan fingerprint density at radius 2 is 1.11 bits per heavy atom. The van der Waals surface area contributed by atoms with Gasteiger partial charge >= 0.3 is 0 Å². The Balaban J connectivity index is 1.20. The number of pyridine rings is 1. The van der Waals surface area contributed by atoms with Gasteiger partial charge in [-0.1, -0.05) is 100 Å². The molecule has 5 aromatic carbocycles. The third kappa shape index (κ3) is 7.46. The molecule has 6 aromatic rings. The van der Waals surface area contributed by atoms with E-state index in [0.29, 0.717) is 33.2 Å². The van der Waals surface area contributed by atoms with Crippen LogP contribution in [0.3, 0.4) is 0 Å². The molecule has 2 aliphatic heterocycles. The number of imide groups is 2. The van der Waals surface area contributed by atoms with Crippen molar-refractivity contribution in [3.05, 3.63) is 135 Å². The fourth-order valence-corrected chi connectivity index (χ4v) is 13.3. The lowest BCUT2D eigenvalue weighted by Gasteiger charge is -2.21. The largest absolute Gasteiger partial charge is 0.293 e. The van der Waals surface area contributed by atoms with Crippen LogP contribution in [-0.2, 0) is 6.54 Å². The van der Waals surface area contributed by atoms with Crippen molar-refractivity contribution < 1.29 is 28.8 Å². The number of fused-ring (bicyclic) bond motifs is 5. The number of ketones is 2. The summed E-state index contributed by atoms with van der Waals surface area (Å²) in [5.74, 6) is -1.74. The molecule has 1 aromatic heterocycles. The van der Waals surface area contributed by atoms with Gasteiger partial charge in [0.2, 0.25) is 0 Å². The highest BCUT2D eigenvalue weighted by Crippen LogP contribution is 2.51. The zero-order valence-corrected chi connectivity index (χ0v) is 38.8. The van der Waals surface area contributed by atoms with E-state index in [1.165, 1.54) is 0 Å². The predicted molar refractivity (Wildman–Crippen MR) is 257 cm³/mol. The van der Waals surface area contributed by atoms with E-state index in [1.807, 2.05) is 24.3 Å². The molecule has 324 valence electrons. The van der Waals surface area contributed by atoms with E-state index >= 15 is 9.59 Å². The molecule has 0 unspecified atom stereocenters. The van der Waals surface area contributed by atoms with E-state index in [9.17, 15) is 19.2 Å². The third-order valence-electron chi connectivity index (χ3n) is 12.0. The predicted octanol–water partition coefficient (Wildman–Crippen LogP) is 12.5. The van der Waals surface area contributed by atoms with Crippen molar-refractivity contribution in [3.63, 3.8) is 0 Å². The van der Waals surface area contributed by atoms with Gasteiger partial charge in [0.1, 0.15) is 5.92 Å². The van der Waals surface area contributed by atoms with E-state index in [-0.39, 0.29) is 39.6 Å². The molecule has 0 saturated heterocycles. The number of benzene rings is 5. The van der Waals surface area contributed by atoms with Gasteiger partial charge in [0.25, 0.3) is 23.6 Å². The summed E-state index contributed by atoms with van der Waals surface area (Å²) in [5, 5.41) is 2.34. The van der Waals surface area contributed by atoms with E-state index < -0.39 is 41.1 Å². The van der Waals surface area contributed by atoms with Crippen LogP contribution in [0.1, 0.15) is 139 Å². The summed E-state index contributed by atoms with van der Waals surface area (Å²) >= 11 is 12.2. The number of thioether (sulfide) groups is 3. The second kappa shape index (κ2) is 18.3. The Morgan fingerprint density at radius 1 is 0.578 bits per heavy atom. The summed E-state index contributed by atoms with van der Waals surface area (Å²) in [6, 6.07) is 24.2. The first-order valence-electron chi connectivity index (χ1n) is 21.7. The Bertz CT molecular complexity index is 2900. The monoisotopic (exact) mass is 925 g/mol. The Hall–Kier alpha value is -5.27. The number of unbranched alkanes of at least 4 members (excludes halogenated alkanes) is 3. The summed E-state index contributed by atoms with van der Waals surface area (Å²) in [6.07, 6.45) is 5.78. The summed E-state index contributed by atoms with van der Waals surface area (Å²) in [7, 11) is 0. The van der Waals surface area contributed by atoms with Gasteiger partial charge in [-0.15, -0.1) is 35.3 Å². The third-order valence-corrected chi connectivity index (χ3v) is 16.3. The lowest BCUT2D eigenvalue weighted by molar-refractivity contribution is 0.0641. The van der Waals surface area contributed by atoms with Gasteiger partial charge in [-0.2, -0.15) is 0 Å². The van der Waals surface area contributed by atoms with Crippen molar-refractivity contribution in [2.24, 2.45) is 0 Å². The van der Waals surface area contributed by atoms with Crippen molar-refractivity contribution in [3.8, 4) is 0 Å².